The maximum atomic E-state index is 2.36. The largest absolute Gasteiger partial charge is 0.0622 e. The lowest BCUT2D eigenvalue weighted by molar-refractivity contribution is 1.61. The van der Waals surface area contributed by atoms with Crippen molar-refractivity contribution in [3.05, 3.63) is 158 Å². The van der Waals surface area contributed by atoms with Crippen molar-refractivity contribution in [2.24, 2.45) is 0 Å². The van der Waals surface area contributed by atoms with E-state index in [-0.39, 0.29) is 0 Å². The molecule has 0 aliphatic rings. The van der Waals surface area contributed by atoms with Gasteiger partial charge < -0.3 is 0 Å². The number of hydrogen-bond acceptors (Lipinski definition) is 0. The lowest BCUT2D eigenvalue weighted by Crippen LogP contribution is -1.93. The van der Waals surface area contributed by atoms with Gasteiger partial charge in [0.1, 0.15) is 0 Å². The summed E-state index contributed by atoms with van der Waals surface area (Å²) >= 11 is 0. The fraction of sp³-hybridized carbons (Fsp3) is 0. The van der Waals surface area contributed by atoms with Crippen molar-refractivity contribution in [3.63, 3.8) is 0 Å². The van der Waals surface area contributed by atoms with Crippen LogP contribution in [0.3, 0.4) is 0 Å². The van der Waals surface area contributed by atoms with Crippen LogP contribution in [-0.4, -0.2) is 0 Å². The molecule has 0 N–H and O–H groups in total. The Labute approximate surface area is 244 Å². The number of rotatable bonds is 3. The van der Waals surface area contributed by atoms with E-state index in [1.807, 2.05) is 0 Å². The van der Waals surface area contributed by atoms with Crippen LogP contribution in [0.4, 0.5) is 0 Å². The molecule has 0 fully saturated rings. The summed E-state index contributed by atoms with van der Waals surface area (Å²) in [4.78, 5) is 0. The van der Waals surface area contributed by atoms with Crippen LogP contribution < -0.4 is 0 Å². The molecule has 194 valence electrons. The van der Waals surface area contributed by atoms with Crippen molar-refractivity contribution in [1.29, 1.82) is 0 Å². The highest BCUT2D eigenvalue weighted by molar-refractivity contribution is 6.41. The zero-order valence-corrected chi connectivity index (χ0v) is 23.0. The molecule has 0 saturated carbocycles. The Bertz CT molecular complexity index is 2420. The molecule has 0 atom stereocenters. The molecule has 0 nitrogen and oxygen atoms in total. The molecule has 9 aromatic carbocycles. The predicted molar refractivity (Wildman–Crippen MR) is 181 cm³/mol. The number of fused-ring (bicyclic) bond motifs is 4. The van der Waals surface area contributed by atoms with Crippen LogP contribution >= 0.6 is 0 Å². The molecule has 0 aliphatic carbocycles. The van der Waals surface area contributed by atoms with Crippen LogP contribution in [0.25, 0.3) is 87.2 Å². The smallest absolute Gasteiger partial charge is 0.00137 e. The second-order valence-electron chi connectivity index (χ2n) is 11.2. The second kappa shape index (κ2) is 9.03. The summed E-state index contributed by atoms with van der Waals surface area (Å²) in [6.45, 7) is 0. The fourth-order valence-electron chi connectivity index (χ4n) is 7.21. The molecule has 0 amide bonds. The highest BCUT2D eigenvalue weighted by atomic mass is 14.2. The average molecular weight is 531 g/mol. The normalized spacial score (nSPS) is 11.8. The molecular formula is C42H26. The van der Waals surface area contributed by atoms with E-state index in [2.05, 4.69) is 158 Å². The summed E-state index contributed by atoms with van der Waals surface area (Å²) in [5, 5.41) is 13.2. The van der Waals surface area contributed by atoms with E-state index >= 15 is 0 Å². The van der Waals surface area contributed by atoms with Gasteiger partial charge in [-0.05, 0) is 87.2 Å². The zero-order chi connectivity index (χ0) is 27.6. The van der Waals surface area contributed by atoms with Gasteiger partial charge in [0.25, 0.3) is 0 Å². The molecule has 0 unspecified atom stereocenters. The van der Waals surface area contributed by atoms with Crippen LogP contribution in [0.15, 0.2) is 158 Å². The van der Waals surface area contributed by atoms with E-state index < -0.39 is 0 Å². The van der Waals surface area contributed by atoms with E-state index in [0.29, 0.717) is 0 Å². The average Bonchev–Trinajstić information content (AvgIpc) is 3.07. The van der Waals surface area contributed by atoms with Gasteiger partial charge in [0, 0.05) is 0 Å². The Kier molecular flexibility index (Phi) is 5.00. The predicted octanol–water partition coefficient (Wildman–Crippen LogP) is 11.9. The Morgan fingerprint density at radius 3 is 1.43 bits per heavy atom. The van der Waals surface area contributed by atoms with Crippen molar-refractivity contribution in [3.8, 4) is 33.4 Å². The molecular weight excluding hydrogens is 504 g/mol. The summed E-state index contributed by atoms with van der Waals surface area (Å²) < 4.78 is 0. The van der Waals surface area contributed by atoms with Gasteiger partial charge in [0.2, 0.25) is 0 Å². The van der Waals surface area contributed by atoms with Crippen molar-refractivity contribution in [2.75, 3.05) is 0 Å². The van der Waals surface area contributed by atoms with Gasteiger partial charge in [-0.25, -0.2) is 0 Å². The van der Waals surface area contributed by atoms with Gasteiger partial charge in [-0.2, -0.15) is 0 Å². The van der Waals surface area contributed by atoms with E-state index in [1.54, 1.807) is 0 Å². The van der Waals surface area contributed by atoms with Crippen LogP contribution in [0.1, 0.15) is 0 Å². The zero-order valence-electron chi connectivity index (χ0n) is 23.0. The minimum Gasteiger partial charge on any atom is -0.0622 e. The van der Waals surface area contributed by atoms with Crippen molar-refractivity contribution in [2.45, 2.75) is 0 Å². The molecule has 0 saturated heterocycles. The van der Waals surface area contributed by atoms with Crippen molar-refractivity contribution in [1.82, 2.24) is 0 Å². The van der Waals surface area contributed by atoms with E-state index in [4.69, 9.17) is 0 Å². The van der Waals surface area contributed by atoms with E-state index in [9.17, 15) is 0 Å². The molecule has 42 heavy (non-hydrogen) atoms. The minimum absolute atomic E-state index is 1.24. The molecule has 9 rings (SSSR count). The first-order valence-electron chi connectivity index (χ1n) is 14.6. The Balaban J connectivity index is 1.41. The maximum absolute atomic E-state index is 2.36. The summed E-state index contributed by atoms with van der Waals surface area (Å²) in [6.07, 6.45) is 0. The summed E-state index contributed by atoms with van der Waals surface area (Å²) in [5.74, 6) is 0. The van der Waals surface area contributed by atoms with Gasteiger partial charge in [-0.3, -0.25) is 0 Å². The Hall–Kier alpha value is -5.46. The third-order valence-corrected chi connectivity index (χ3v) is 9.02. The molecule has 0 aliphatic heterocycles. The molecule has 0 aromatic heterocycles. The van der Waals surface area contributed by atoms with Crippen LogP contribution in [0.2, 0.25) is 0 Å². The van der Waals surface area contributed by atoms with Gasteiger partial charge >= 0.3 is 0 Å². The number of benzene rings is 9. The third-order valence-electron chi connectivity index (χ3n) is 9.02. The maximum Gasteiger partial charge on any atom is -0.00137 e. The standard InChI is InChI=1S/C42H26/c1-3-11-27(12-4-1)28-21-23-30(24-22-28)39-33-15-7-8-16-35(33)42-38-26-25-31(29-13-5-2-6-14-29)32-17-9-18-34(40(32)38)36-19-10-20-37(39)41(36)42/h1-26H. The van der Waals surface area contributed by atoms with Crippen LogP contribution in [0.5, 0.6) is 0 Å². The molecule has 0 heteroatoms. The first-order valence-corrected chi connectivity index (χ1v) is 14.6. The molecule has 0 heterocycles. The fourth-order valence-corrected chi connectivity index (χ4v) is 7.21. The van der Waals surface area contributed by atoms with Crippen LogP contribution in [0, 0.1) is 0 Å². The monoisotopic (exact) mass is 530 g/mol. The van der Waals surface area contributed by atoms with Gasteiger partial charge in [-0.15, -0.1) is 0 Å². The van der Waals surface area contributed by atoms with E-state index in [1.165, 1.54) is 87.2 Å². The summed E-state index contributed by atoms with van der Waals surface area (Å²) in [6, 6.07) is 57.9. The number of hydrogen-bond donors (Lipinski definition) is 0. The van der Waals surface area contributed by atoms with Crippen molar-refractivity contribution < 1.29 is 0 Å². The third kappa shape index (κ3) is 3.30. The molecule has 0 radical (unpaired) electrons. The van der Waals surface area contributed by atoms with Crippen molar-refractivity contribution >= 4 is 53.9 Å². The SMILES string of the molecule is c1ccc(-c2ccc(-c3c4ccccc4c4c5ccc(-c6ccccc6)c6cccc(c7cccc3c74)c65)cc2)cc1. The first kappa shape index (κ1) is 23.3. The van der Waals surface area contributed by atoms with Gasteiger partial charge in [-0.1, -0.05) is 158 Å². The second-order valence-corrected chi connectivity index (χ2v) is 11.2. The highest BCUT2D eigenvalue weighted by Crippen LogP contribution is 2.48. The lowest BCUT2D eigenvalue weighted by Gasteiger charge is -2.21. The Morgan fingerprint density at radius 1 is 0.214 bits per heavy atom. The summed E-state index contributed by atoms with van der Waals surface area (Å²) in [5.41, 5.74) is 7.57. The minimum atomic E-state index is 1.24. The lowest BCUT2D eigenvalue weighted by atomic mass is 9.82. The van der Waals surface area contributed by atoms with E-state index in [0.717, 1.165) is 0 Å². The molecule has 0 bridgehead atoms. The quantitative estimate of drug-likeness (QED) is 0.157. The van der Waals surface area contributed by atoms with Gasteiger partial charge in [0.05, 0.1) is 0 Å². The first-order chi connectivity index (χ1) is 20.9. The van der Waals surface area contributed by atoms with Crippen LogP contribution in [-0.2, 0) is 0 Å². The molecule has 9 aromatic rings. The molecule has 0 spiro atoms. The topological polar surface area (TPSA) is 0 Å². The summed E-state index contributed by atoms with van der Waals surface area (Å²) in [7, 11) is 0. The highest BCUT2D eigenvalue weighted by Gasteiger charge is 2.20. The van der Waals surface area contributed by atoms with Gasteiger partial charge in [0.15, 0.2) is 0 Å². The Morgan fingerprint density at radius 2 is 0.690 bits per heavy atom.